The van der Waals surface area contributed by atoms with Crippen molar-refractivity contribution in [3.05, 3.63) is 34.4 Å². The van der Waals surface area contributed by atoms with Gasteiger partial charge in [-0.3, -0.25) is 0 Å². The second-order valence-corrected chi connectivity index (χ2v) is 6.72. The Labute approximate surface area is 113 Å². The molecule has 1 nitrogen and oxygen atoms in total. The molecule has 1 aromatic rings. The van der Waals surface area contributed by atoms with Crippen molar-refractivity contribution in [2.24, 2.45) is 11.7 Å². The Balaban J connectivity index is 2.95. The molecule has 0 aliphatic heterocycles. The van der Waals surface area contributed by atoms with E-state index in [0.29, 0.717) is 5.92 Å². The van der Waals surface area contributed by atoms with Gasteiger partial charge in [0.1, 0.15) is 0 Å². The molecule has 1 heteroatoms. The van der Waals surface area contributed by atoms with E-state index < -0.39 is 0 Å². The van der Waals surface area contributed by atoms with Crippen LogP contribution in [0.4, 0.5) is 0 Å². The number of rotatable bonds is 4. The molecule has 0 saturated heterocycles. The van der Waals surface area contributed by atoms with Crippen molar-refractivity contribution in [2.75, 3.05) is 6.54 Å². The average Bonchev–Trinajstić information content (AvgIpc) is 2.26. The largest absolute Gasteiger partial charge is 0.330 e. The molecule has 0 radical (unpaired) electrons. The molecule has 0 aliphatic rings. The Morgan fingerprint density at radius 1 is 1.11 bits per heavy atom. The van der Waals surface area contributed by atoms with Crippen LogP contribution >= 0.6 is 0 Å². The van der Waals surface area contributed by atoms with Crippen LogP contribution in [0.25, 0.3) is 0 Å². The van der Waals surface area contributed by atoms with Crippen molar-refractivity contribution < 1.29 is 0 Å². The first-order valence-electron chi connectivity index (χ1n) is 7.06. The van der Waals surface area contributed by atoms with Crippen LogP contribution in [-0.2, 0) is 11.8 Å². The van der Waals surface area contributed by atoms with E-state index in [0.717, 1.165) is 13.0 Å². The lowest BCUT2D eigenvalue weighted by Crippen LogP contribution is -2.14. The van der Waals surface area contributed by atoms with Gasteiger partial charge < -0.3 is 5.73 Å². The predicted octanol–water partition coefficient (Wildman–Crippen LogP) is 4.13. The van der Waals surface area contributed by atoms with E-state index in [4.69, 9.17) is 5.73 Å². The average molecular weight is 247 g/mol. The highest BCUT2D eigenvalue weighted by Gasteiger charge is 2.16. The monoisotopic (exact) mass is 247 g/mol. The zero-order valence-corrected chi connectivity index (χ0v) is 12.9. The molecule has 1 atom stereocenters. The van der Waals surface area contributed by atoms with Crippen molar-refractivity contribution >= 4 is 0 Å². The SMILES string of the molecule is Cc1cc(C(C)(C)C)cc(C)c1CCC(C)CN. The minimum atomic E-state index is 0.235. The van der Waals surface area contributed by atoms with E-state index in [1.165, 1.54) is 28.7 Å². The van der Waals surface area contributed by atoms with E-state index in [-0.39, 0.29) is 5.41 Å². The van der Waals surface area contributed by atoms with Crippen molar-refractivity contribution in [1.82, 2.24) is 0 Å². The molecule has 1 rings (SSSR count). The molecule has 0 fully saturated rings. The Hall–Kier alpha value is -0.820. The van der Waals surface area contributed by atoms with Gasteiger partial charge >= 0.3 is 0 Å². The summed E-state index contributed by atoms with van der Waals surface area (Å²) in [6.45, 7) is 14.3. The highest BCUT2D eigenvalue weighted by atomic mass is 14.5. The van der Waals surface area contributed by atoms with Crippen molar-refractivity contribution in [2.45, 2.75) is 59.8 Å². The third kappa shape index (κ3) is 3.84. The van der Waals surface area contributed by atoms with Crippen LogP contribution in [0, 0.1) is 19.8 Å². The lowest BCUT2D eigenvalue weighted by Gasteiger charge is -2.22. The molecule has 0 aromatic heterocycles. The minimum Gasteiger partial charge on any atom is -0.330 e. The summed E-state index contributed by atoms with van der Waals surface area (Å²) in [5, 5.41) is 0. The number of aryl methyl sites for hydroxylation is 2. The summed E-state index contributed by atoms with van der Waals surface area (Å²) >= 11 is 0. The molecule has 0 spiro atoms. The van der Waals surface area contributed by atoms with Gasteiger partial charge in [0.15, 0.2) is 0 Å². The summed E-state index contributed by atoms with van der Waals surface area (Å²) in [6, 6.07) is 4.71. The Kier molecular flexibility index (Phi) is 4.98. The summed E-state index contributed by atoms with van der Waals surface area (Å²) in [4.78, 5) is 0. The first-order chi connectivity index (χ1) is 8.25. The number of hydrogen-bond acceptors (Lipinski definition) is 1. The van der Waals surface area contributed by atoms with Gasteiger partial charge in [0.05, 0.1) is 0 Å². The summed E-state index contributed by atoms with van der Waals surface area (Å²) in [5.74, 6) is 0.617. The van der Waals surface area contributed by atoms with E-state index in [1.54, 1.807) is 0 Å². The smallest absolute Gasteiger partial charge is 0.00514 e. The standard InChI is InChI=1S/C17H29N/c1-12(11-18)7-8-16-13(2)9-15(10-14(16)3)17(4,5)6/h9-10,12H,7-8,11,18H2,1-6H3. The molecular formula is C17H29N. The van der Waals surface area contributed by atoms with Gasteiger partial charge in [-0.2, -0.15) is 0 Å². The Morgan fingerprint density at radius 3 is 2.00 bits per heavy atom. The normalized spacial score (nSPS) is 13.7. The molecule has 1 aromatic carbocycles. The van der Waals surface area contributed by atoms with Crippen molar-refractivity contribution in [1.29, 1.82) is 0 Å². The summed E-state index contributed by atoms with van der Waals surface area (Å²) < 4.78 is 0. The van der Waals surface area contributed by atoms with Gasteiger partial charge in [0.2, 0.25) is 0 Å². The van der Waals surface area contributed by atoms with Crippen LogP contribution in [-0.4, -0.2) is 6.54 Å². The fourth-order valence-electron chi connectivity index (χ4n) is 2.33. The first-order valence-corrected chi connectivity index (χ1v) is 7.06. The van der Waals surface area contributed by atoms with Gasteiger partial charge in [-0.25, -0.2) is 0 Å². The maximum absolute atomic E-state index is 5.69. The number of nitrogens with two attached hydrogens (primary N) is 1. The molecule has 0 aliphatic carbocycles. The predicted molar refractivity (Wildman–Crippen MR) is 81.2 cm³/mol. The van der Waals surface area contributed by atoms with E-state index in [9.17, 15) is 0 Å². The zero-order chi connectivity index (χ0) is 13.9. The van der Waals surface area contributed by atoms with E-state index >= 15 is 0 Å². The summed E-state index contributed by atoms with van der Waals surface area (Å²) in [5.41, 5.74) is 11.8. The topological polar surface area (TPSA) is 26.0 Å². The van der Waals surface area contributed by atoms with Crippen LogP contribution in [0.1, 0.15) is 56.4 Å². The second kappa shape index (κ2) is 5.88. The maximum atomic E-state index is 5.69. The first kappa shape index (κ1) is 15.2. The fraction of sp³-hybridized carbons (Fsp3) is 0.647. The molecule has 1 unspecified atom stereocenters. The summed E-state index contributed by atoms with van der Waals surface area (Å²) in [7, 11) is 0. The maximum Gasteiger partial charge on any atom is -0.00514 e. The third-order valence-electron chi connectivity index (χ3n) is 3.85. The fourth-order valence-corrected chi connectivity index (χ4v) is 2.33. The summed E-state index contributed by atoms with van der Waals surface area (Å²) in [6.07, 6.45) is 2.34. The van der Waals surface area contributed by atoms with Gasteiger partial charge in [-0.05, 0) is 66.8 Å². The number of benzene rings is 1. The van der Waals surface area contributed by atoms with Crippen LogP contribution in [0.3, 0.4) is 0 Å². The molecule has 18 heavy (non-hydrogen) atoms. The van der Waals surface area contributed by atoms with Gasteiger partial charge in [-0.15, -0.1) is 0 Å². The highest BCUT2D eigenvalue weighted by molar-refractivity contribution is 5.40. The van der Waals surface area contributed by atoms with Gasteiger partial charge in [0.25, 0.3) is 0 Å². The third-order valence-corrected chi connectivity index (χ3v) is 3.85. The second-order valence-electron chi connectivity index (χ2n) is 6.72. The molecule has 2 N–H and O–H groups in total. The lowest BCUT2D eigenvalue weighted by atomic mass is 9.83. The lowest BCUT2D eigenvalue weighted by molar-refractivity contribution is 0.542. The van der Waals surface area contributed by atoms with Crippen LogP contribution < -0.4 is 5.73 Å². The molecule has 0 heterocycles. The molecule has 0 amide bonds. The van der Waals surface area contributed by atoms with Crippen LogP contribution in [0.5, 0.6) is 0 Å². The quantitative estimate of drug-likeness (QED) is 0.850. The molecule has 0 bridgehead atoms. The molecular weight excluding hydrogens is 218 g/mol. The van der Waals surface area contributed by atoms with E-state index in [2.05, 4.69) is 53.7 Å². The van der Waals surface area contributed by atoms with Gasteiger partial charge in [0, 0.05) is 0 Å². The number of hydrogen-bond donors (Lipinski definition) is 1. The van der Waals surface area contributed by atoms with Crippen molar-refractivity contribution in [3.8, 4) is 0 Å². The highest BCUT2D eigenvalue weighted by Crippen LogP contribution is 2.27. The Bertz CT molecular complexity index is 376. The zero-order valence-electron chi connectivity index (χ0n) is 12.9. The van der Waals surface area contributed by atoms with Gasteiger partial charge in [-0.1, -0.05) is 39.8 Å². The minimum absolute atomic E-state index is 0.235. The Morgan fingerprint density at radius 2 is 1.61 bits per heavy atom. The molecule has 0 saturated carbocycles. The van der Waals surface area contributed by atoms with Crippen molar-refractivity contribution in [3.63, 3.8) is 0 Å². The van der Waals surface area contributed by atoms with Crippen LogP contribution in [0.15, 0.2) is 12.1 Å². The molecule has 102 valence electrons. The van der Waals surface area contributed by atoms with Crippen LogP contribution in [0.2, 0.25) is 0 Å². The van der Waals surface area contributed by atoms with E-state index in [1.807, 2.05) is 0 Å².